The third-order valence-corrected chi connectivity index (χ3v) is 4.43. The van der Waals surface area contributed by atoms with E-state index < -0.39 is 0 Å². The van der Waals surface area contributed by atoms with Gasteiger partial charge in [-0.15, -0.1) is 0 Å². The quantitative estimate of drug-likeness (QED) is 0.337. The molecular weight excluding hydrogens is 360 g/mol. The predicted octanol–water partition coefficient (Wildman–Crippen LogP) is 0.548. The van der Waals surface area contributed by atoms with E-state index in [0.717, 1.165) is 18.8 Å². The number of nitrogens with two attached hydrogens (primary N) is 1. The van der Waals surface area contributed by atoms with Gasteiger partial charge in [0.15, 0.2) is 0 Å². The molecule has 10 nitrogen and oxygen atoms in total. The van der Waals surface area contributed by atoms with Crippen molar-refractivity contribution < 1.29 is 9.59 Å². The standard InChI is InChI=1S/C18H24N8O2/c1-2-20-18(28)23-14-5-4-13(16(27)24-19)12-15(14)25-8-10-26(11-9-25)17-21-6-3-7-22-17/h3-7,12H,2,8-11,19H2,1H3,(H,24,27)(H2,20,23,28). The summed E-state index contributed by atoms with van der Waals surface area (Å²) in [5, 5.41) is 5.55. The number of nitrogens with one attached hydrogen (secondary N) is 3. The topological polar surface area (TPSA) is 129 Å². The Balaban J connectivity index is 1.80. The maximum Gasteiger partial charge on any atom is 0.319 e. The van der Waals surface area contributed by atoms with E-state index in [2.05, 4.69) is 35.8 Å². The molecule has 1 aliphatic heterocycles. The molecule has 0 saturated carbocycles. The number of aromatic nitrogens is 2. The highest BCUT2D eigenvalue weighted by molar-refractivity contribution is 5.98. The van der Waals surface area contributed by atoms with Crippen LogP contribution >= 0.6 is 0 Å². The van der Waals surface area contributed by atoms with Gasteiger partial charge in [0.25, 0.3) is 5.91 Å². The number of hydrazine groups is 1. The fourth-order valence-electron chi connectivity index (χ4n) is 3.05. The van der Waals surface area contributed by atoms with E-state index in [9.17, 15) is 9.59 Å². The Kier molecular flexibility index (Phi) is 6.22. The number of amides is 3. The second kappa shape index (κ2) is 9.00. The van der Waals surface area contributed by atoms with Crippen molar-refractivity contribution in [3.8, 4) is 0 Å². The first-order valence-electron chi connectivity index (χ1n) is 9.09. The van der Waals surface area contributed by atoms with Crippen molar-refractivity contribution in [3.63, 3.8) is 0 Å². The van der Waals surface area contributed by atoms with Crippen LogP contribution in [-0.4, -0.2) is 54.6 Å². The number of carbonyl (C=O) groups is 2. The maximum absolute atomic E-state index is 12.0. The minimum atomic E-state index is -0.387. The Morgan fingerprint density at radius 3 is 2.43 bits per heavy atom. The lowest BCUT2D eigenvalue weighted by Crippen LogP contribution is -2.47. The first kappa shape index (κ1) is 19.4. The first-order chi connectivity index (χ1) is 13.6. The molecule has 10 heteroatoms. The highest BCUT2D eigenvalue weighted by Crippen LogP contribution is 2.29. The van der Waals surface area contributed by atoms with Crippen LogP contribution in [0.3, 0.4) is 0 Å². The lowest BCUT2D eigenvalue weighted by molar-refractivity contribution is 0.0953. The number of piperazine rings is 1. The Labute approximate surface area is 163 Å². The average Bonchev–Trinajstić information content (AvgIpc) is 2.74. The molecule has 5 N–H and O–H groups in total. The van der Waals surface area contributed by atoms with Crippen molar-refractivity contribution in [2.45, 2.75) is 6.92 Å². The molecule has 3 amide bonds. The van der Waals surface area contributed by atoms with Gasteiger partial charge in [0.2, 0.25) is 5.95 Å². The van der Waals surface area contributed by atoms with Crippen LogP contribution < -0.4 is 31.7 Å². The Morgan fingerprint density at radius 2 is 1.79 bits per heavy atom. The van der Waals surface area contributed by atoms with Crippen molar-refractivity contribution in [1.29, 1.82) is 0 Å². The highest BCUT2D eigenvalue weighted by Gasteiger charge is 2.22. The summed E-state index contributed by atoms with van der Waals surface area (Å²) in [6.07, 6.45) is 3.44. The number of nitrogens with zero attached hydrogens (tertiary/aromatic N) is 4. The number of nitrogen functional groups attached to an aromatic ring is 1. The highest BCUT2D eigenvalue weighted by atomic mass is 16.2. The van der Waals surface area contributed by atoms with Gasteiger partial charge in [-0.3, -0.25) is 10.2 Å². The van der Waals surface area contributed by atoms with Crippen LogP contribution in [0, 0.1) is 0 Å². The van der Waals surface area contributed by atoms with Crippen molar-refractivity contribution >= 4 is 29.3 Å². The normalized spacial score (nSPS) is 13.8. The summed E-state index contributed by atoms with van der Waals surface area (Å²) in [5.41, 5.74) is 3.96. The van der Waals surface area contributed by atoms with Gasteiger partial charge in [0, 0.05) is 50.7 Å². The molecule has 1 aliphatic rings. The van der Waals surface area contributed by atoms with E-state index in [1.807, 2.05) is 6.92 Å². The van der Waals surface area contributed by atoms with E-state index in [4.69, 9.17) is 5.84 Å². The molecule has 28 heavy (non-hydrogen) atoms. The second-order valence-corrected chi connectivity index (χ2v) is 6.21. The van der Waals surface area contributed by atoms with Crippen molar-refractivity contribution in [3.05, 3.63) is 42.2 Å². The molecule has 3 rings (SSSR count). The molecule has 0 radical (unpaired) electrons. The van der Waals surface area contributed by atoms with Gasteiger partial charge in [0.05, 0.1) is 11.4 Å². The molecule has 0 unspecified atom stereocenters. The summed E-state index contributed by atoms with van der Waals surface area (Å²) in [6.45, 7) is 5.19. The molecule has 0 bridgehead atoms. The van der Waals surface area contributed by atoms with Crippen LogP contribution in [-0.2, 0) is 0 Å². The molecule has 1 saturated heterocycles. The van der Waals surface area contributed by atoms with Crippen LogP contribution in [0.4, 0.5) is 22.1 Å². The zero-order valence-electron chi connectivity index (χ0n) is 15.7. The Morgan fingerprint density at radius 1 is 1.11 bits per heavy atom. The summed E-state index contributed by atoms with van der Waals surface area (Å²) in [6, 6.07) is 6.56. The molecule has 1 fully saturated rings. The van der Waals surface area contributed by atoms with Gasteiger partial charge in [-0.1, -0.05) is 0 Å². The van der Waals surface area contributed by atoms with E-state index >= 15 is 0 Å². The predicted molar refractivity (Wildman–Crippen MR) is 107 cm³/mol. The van der Waals surface area contributed by atoms with E-state index in [1.54, 1.807) is 36.7 Å². The molecule has 148 valence electrons. The van der Waals surface area contributed by atoms with Gasteiger partial charge in [0.1, 0.15) is 0 Å². The number of benzene rings is 1. The summed E-state index contributed by atoms with van der Waals surface area (Å²) >= 11 is 0. The fourth-order valence-corrected chi connectivity index (χ4v) is 3.05. The van der Waals surface area contributed by atoms with Gasteiger partial charge >= 0.3 is 6.03 Å². The number of hydrogen-bond acceptors (Lipinski definition) is 7. The third-order valence-electron chi connectivity index (χ3n) is 4.43. The molecular formula is C18H24N8O2. The molecule has 1 aromatic carbocycles. The van der Waals surface area contributed by atoms with Crippen molar-refractivity contribution in [2.75, 3.05) is 47.8 Å². The summed E-state index contributed by atoms with van der Waals surface area (Å²) < 4.78 is 0. The van der Waals surface area contributed by atoms with Crippen molar-refractivity contribution in [1.82, 2.24) is 20.7 Å². The van der Waals surface area contributed by atoms with Crippen LogP contribution in [0.25, 0.3) is 0 Å². The minimum absolute atomic E-state index is 0.295. The minimum Gasteiger partial charge on any atom is -0.366 e. The lowest BCUT2D eigenvalue weighted by atomic mass is 10.1. The Bertz CT molecular complexity index is 822. The lowest BCUT2D eigenvalue weighted by Gasteiger charge is -2.37. The molecule has 0 spiro atoms. The molecule has 0 atom stereocenters. The summed E-state index contributed by atoms with van der Waals surface area (Å²) in [5.74, 6) is 5.57. The van der Waals surface area contributed by atoms with Crippen LogP contribution in [0.1, 0.15) is 17.3 Å². The summed E-state index contributed by atoms with van der Waals surface area (Å²) in [4.78, 5) is 36.7. The van der Waals surface area contributed by atoms with Crippen LogP contribution in [0.2, 0.25) is 0 Å². The summed E-state index contributed by atoms with van der Waals surface area (Å²) in [7, 11) is 0. The van der Waals surface area contributed by atoms with E-state index in [0.29, 0.717) is 36.8 Å². The Hall–Kier alpha value is -3.40. The fraction of sp³-hybridized carbons (Fsp3) is 0.333. The van der Waals surface area contributed by atoms with Crippen LogP contribution in [0.15, 0.2) is 36.7 Å². The number of anilines is 3. The molecule has 0 aliphatic carbocycles. The van der Waals surface area contributed by atoms with Gasteiger partial charge in [-0.25, -0.2) is 20.6 Å². The largest absolute Gasteiger partial charge is 0.366 e. The average molecular weight is 384 g/mol. The van der Waals surface area contributed by atoms with E-state index in [1.165, 1.54) is 0 Å². The molecule has 1 aromatic heterocycles. The number of carbonyl (C=O) groups excluding carboxylic acids is 2. The number of hydrogen-bond donors (Lipinski definition) is 4. The first-order valence-corrected chi connectivity index (χ1v) is 9.09. The van der Waals surface area contributed by atoms with Gasteiger partial charge in [-0.2, -0.15) is 0 Å². The van der Waals surface area contributed by atoms with E-state index in [-0.39, 0.29) is 11.9 Å². The zero-order valence-corrected chi connectivity index (χ0v) is 15.7. The smallest absolute Gasteiger partial charge is 0.319 e. The third kappa shape index (κ3) is 4.46. The monoisotopic (exact) mass is 384 g/mol. The van der Waals surface area contributed by atoms with Gasteiger partial charge in [-0.05, 0) is 31.2 Å². The number of rotatable bonds is 5. The number of urea groups is 1. The molecule has 2 aromatic rings. The maximum atomic E-state index is 12.0. The van der Waals surface area contributed by atoms with Gasteiger partial charge < -0.3 is 20.4 Å². The molecule has 2 heterocycles. The zero-order chi connectivity index (χ0) is 19.9. The SMILES string of the molecule is CCNC(=O)Nc1ccc(C(=O)NN)cc1N1CCN(c2ncccn2)CC1. The van der Waals surface area contributed by atoms with Crippen LogP contribution in [0.5, 0.6) is 0 Å². The van der Waals surface area contributed by atoms with Crippen molar-refractivity contribution in [2.24, 2.45) is 5.84 Å². The second-order valence-electron chi connectivity index (χ2n) is 6.21.